The first kappa shape index (κ1) is 21.5. The molecule has 0 saturated carbocycles. The first-order valence-corrected chi connectivity index (χ1v) is 12.8. The molecule has 2 heterocycles. The Balaban J connectivity index is 1.57. The lowest BCUT2D eigenvalue weighted by molar-refractivity contribution is -0.137. The van der Waals surface area contributed by atoms with E-state index in [0.29, 0.717) is 44.0 Å². The van der Waals surface area contributed by atoms with Crippen molar-refractivity contribution in [2.45, 2.75) is 17.7 Å². The summed E-state index contributed by atoms with van der Waals surface area (Å²) >= 11 is 5.90. The molecule has 0 spiro atoms. The van der Waals surface area contributed by atoms with Crippen molar-refractivity contribution < 1.29 is 21.6 Å². The molecule has 11 heteroatoms. The fourth-order valence-electron chi connectivity index (χ4n) is 3.62. The summed E-state index contributed by atoms with van der Waals surface area (Å²) in [7, 11) is -6.87. The zero-order chi connectivity index (χ0) is 20.5. The second-order valence-electron chi connectivity index (χ2n) is 7.12. The highest BCUT2D eigenvalue weighted by Gasteiger charge is 2.35. The van der Waals surface area contributed by atoms with E-state index in [-0.39, 0.29) is 29.8 Å². The lowest BCUT2D eigenvalue weighted by Gasteiger charge is -2.37. The van der Waals surface area contributed by atoms with E-state index in [2.05, 4.69) is 0 Å². The molecule has 0 atom stereocenters. The molecule has 1 aromatic carbocycles. The molecule has 1 aromatic rings. The van der Waals surface area contributed by atoms with Gasteiger partial charge >= 0.3 is 0 Å². The first-order valence-electron chi connectivity index (χ1n) is 9.08. The smallest absolute Gasteiger partial charge is 0.243 e. The van der Waals surface area contributed by atoms with Crippen molar-refractivity contribution in [3.05, 3.63) is 29.3 Å². The van der Waals surface area contributed by atoms with E-state index in [1.807, 2.05) is 0 Å². The molecule has 0 aromatic heterocycles. The van der Waals surface area contributed by atoms with Crippen LogP contribution in [0.4, 0.5) is 0 Å². The number of benzene rings is 1. The Morgan fingerprint density at radius 2 is 1.57 bits per heavy atom. The zero-order valence-electron chi connectivity index (χ0n) is 15.6. The molecule has 0 unspecified atom stereocenters. The number of carbonyl (C=O) groups is 1. The van der Waals surface area contributed by atoms with Gasteiger partial charge in [0.25, 0.3) is 0 Å². The number of piperazine rings is 1. The highest BCUT2D eigenvalue weighted by Crippen LogP contribution is 2.24. The summed E-state index contributed by atoms with van der Waals surface area (Å²) in [5, 5.41) is 0.357. The molecule has 2 aliphatic heterocycles. The molecule has 156 valence electrons. The van der Waals surface area contributed by atoms with Crippen molar-refractivity contribution >= 4 is 37.6 Å². The van der Waals surface area contributed by atoms with Gasteiger partial charge in [0.2, 0.25) is 26.0 Å². The molecule has 2 saturated heterocycles. The molecule has 0 aliphatic carbocycles. The Kier molecular flexibility index (Phi) is 6.35. The van der Waals surface area contributed by atoms with E-state index in [9.17, 15) is 21.6 Å². The van der Waals surface area contributed by atoms with Crippen LogP contribution in [0, 0.1) is 5.92 Å². The van der Waals surface area contributed by atoms with Crippen LogP contribution in [0.5, 0.6) is 0 Å². The van der Waals surface area contributed by atoms with E-state index in [1.54, 1.807) is 17.0 Å². The fraction of sp³-hybridized carbons (Fsp3) is 0.588. The number of nitrogens with zero attached hydrogens (tertiary/aromatic N) is 3. The lowest BCUT2D eigenvalue weighted by atomic mass is 9.96. The van der Waals surface area contributed by atoms with Gasteiger partial charge in [-0.3, -0.25) is 4.79 Å². The topological polar surface area (TPSA) is 95.1 Å². The molecule has 2 aliphatic rings. The Morgan fingerprint density at radius 3 is 2.11 bits per heavy atom. The molecule has 2 fully saturated rings. The maximum absolute atomic E-state index is 12.8. The summed E-state index contributed by atoms with van der Waals surface area (Å²) in [4.78, 5) is 14.6. The molecule has 3 rings (SSSR count). The molecule has 28 heavy (non-hydrogen) atoms. The van der Waals surface area contributed by atoms with Crippen LogP contribution in [0.2, 0.25) is 5.02 Å². The Morgan fingerprint density at radius 1 is 0.964 bits per heavy atom. The second-order valence-corrected chi connectivity index (χ2v) is 11.5. The monoisotopic (exact) mass is 449 g/mol. The number of hydrogen-bond donors (Lipinski definition) is 0. The van der Waals surface area contributed by atoms with E-state index < -0.39 is 20.0 Å². The summed E-state index contributed by atoms with van der Waals surface area (Å²) in [5.74, 6) is -0.234. The third-order valence-electron chi connectivity index (χ3n) is 5.26. The minimum atomic E-state index is -3.64. The third-order valence-corrected chi connectivity index (χ3v) is 8.69. The molecule has 0 N–H and O–H groups in total. The van der Waals surface area contributed by atoms with Crippen molar-refractivity contribution in [2.75, 3.05) is 45.5 Å². The van der Waals surface area contributed by atoms with Crippen molar-refractivity contribution in [1.29, 1.82) is 0 Å². The number of carbonyl (C=O) groups excluding carboxylic acids is 1. The number of amides is 1. The van der Waals surface area contributed by atoms with Gasteiger partial charge in [-0.1, -0.05) is 17.7 Å². The van der Waals surface area contributed by atoms with Crippen LogP contribution in [0.25, 0.3) is 0 Å². The average Bonchev–Trinajstić information content (AvgIpc) is 2.67. The normalized spacial score (nSPS) is 21.0. The second kappa shape index (κ2) is 8.27. The van der Waals surface area contributed by atoms with Gasteiger partial charge in [-0.25, -0.2) is 21.1 Å². The van der Waals surface area contributed by atoms with Crippen LogP contribution in [0.15, 0.2) is 29.2 Å². The van der Waals surface area contributed by atoms with Gasteiger partial charge < -0.3 is 4.90 Å². The summed E-state index contributed by atoms with van der Waals surface area (Å²) in [5.41, 5.74) is 0. The van der Waals surface area contributed by atoms with E-state index >= 15 is 0 Å². The van der Waals surface area contributed by atoms with Gasteiger partial charge in [0.1, 0.15) is 0 Å². The van der Waals surface area contributed by atoms with Gasteiger partial charge in [-0.05, 0) is 31.0 Å². The van der Waals surface area contributed by atoms with Gasteiger partial charge in [-0.2, -0.15) is 4.31 Å². The number of sulfonamides is 2. The van der Waals surface area contributed by atoms with E-state index in [0.717, 1.165) is 0 Å². The third kappa shape index (κ3) is 4.68. The molecule has 0 bridgehead atoms. The largest absolute Gasteiger partial charge is 0.340 e. The highest BCUT2D eigenvalue weighted by molar-refractivity contribution is 7.89. The molecular weight excluding hydrogens is 426 g/mol. The summed E-state index contributed by atoms with van der Waals surface area (Å²) < 4.78 is 51.4. The van der Waals surface area contributed by atoms with Crippen LogP contribution in [0.3, 0.4) is 0 Å². The average molecular weight is 450 g/mol. The quantitative estimate of drug-likeness (QED) is 0.678. The zero-order valence-corrected chi connectivity index (χ0v) is 18.0. The Bertz CT molecular complexity index is 935. The van der Waals surface area contributed by atoms with E-state index in [1.165, 1.54) is 27.0 Å². The number of hydrogen-bond acceptors (Lipinski definition) is 5. The minimum Gasteiger partial charge on any atom is -0.340 e. The SMILES string of the molecule is CS(=O)(=O)N1CCC(C(=O)N2CCN(S(=O)(=O)c3cccc(Cl)c3)CC2)CC1. The van der Waals surface area contributed by atoms with Crippen molar-refractivity contribution in [3.8, 4) is 0 Å². The Labute approximate surface area is 171 Å². The van der Waals surface area contributed by atoms with Crippen LogP contribution < -0.4 is 0 Å². The predicted molar refractivity (Wildman–Crippen MR) is 106 cm³/mol. The molecular formula is C17H24ClN3O5S2. The summed E-state index contributed by atoms with van der Waals surface area (Å²) in [6.45, 7) is 1.79. The van der Waals surface area contributed by atoms with Crippen molar-refractivity contribution in [1.82, 2.24) is 13.5 Å². The van der Waals surface area contributed by atoms with Gasteiger partial charge in [-0.15, -0.1) is 0 Å². The first-order chi connectivity index (χ1) is 13.1. The standard InChI is InChI=1S/C17H24ClN3O5S2/c1-27(23,24)20-7-5-14(6-8-20)17(22)19-9-11-21(12-10-19)28(25,26)16-4-2-3-15(18)13-16/h2-4,13-14H,5-12H2,1H3. The lowest BCUT2D eigenvalue weighted by Crippen LogP contribution is -2.53. The molecule has 8 nitrogen and oxygen atoms in total. The maximum atomic E-state index is 12.8. The van der Waals surface area contributed by atoms with Gasteiger partial charge in [0.15, 0.2) is 0 Å². The van der Waals surface area contributed by atoms with Crippen LogP contribution in [0.1, 0.15) is 12.8 Å². The van der Waals surface area contributed by atoms with Crippen molar-refractivity contribution in [3.63, 3.8) is 0 Å². The summed E-state index contributed by atoms with van der Waals surface area (Å²) in [6.07, 6.45) is 2.16. The minimum absolute atomic E-state index is 0.0204. The van der Waals surface area contributed by atoms with Crippen molar-refractivity contribution in [2.24, 2.45) is 5.92 Å². The molecule has 0 radical (unpaired) electrons. The van der Waals surface area contributed by atoms with Crippen LogP contribution >= 0.6 is 11.6 Å². The number of rotatable bonds is 4. The number of piperidine rings is 1. The van der Waals surface area contributed by atoms with Crippen LogP contribution in [-0.2, 0) is 24.8 Å². The fourth-order valence-corrected chi connectivity index (χ4v) is 6.22. The summed E-state index contributed by atoms with van der Waals surface area (Å²) in [6, 6.07) is 6.14. The van der Waals surface area contributed by atoms with Gasteiger partial charge in [0.05, 0.1) is 11.2 Å². The Hall–Kier alpha value is -1.20. The molecule has 1 amide bonds. The van der Waals surface area contributed by atoms with Crippen LogP contribution in [-0.4, -0.2) is 81.8 Å². The predicted octanol–water partition coefficient (Wildman–Crippen LogP) is 0.845. The highest BCUT2D eigenvalue weighted by atomic mass is 35.5. The van der Waals surface area contributed by atoms with Gasteiger partial charge in [0, 0.05) is 50.2 Å². The van der Waals surface area contributed by atoms with E-state index in [4.69, 9.17) is 11.6 Å². The maximum Gasteiger partial charge on any atom is 0.243 e. The number of halogens is 1.